The highest BCUT2D eigenvalue weighted by Crippen LogP contribution is 2.31. The highest BCUT2D eigenvalue weighted by molar-refractivity contribution is 6.31. The molecular weight excluding hydrogens is 454 g/mol. The molecular formula is C22H17ClF2N6O2. The van der Waals surface area contributed by atoms with Gasteiger partial charge in [-0.05, 0) is 36.4 Å². The number of aromatic nitrogens is 3. The number of nitrogens with one attached hydrogen (secondary N) is 2. The molecule has 1 unspecified atom stereocenters. The number of alkyl halides is 2. The molecule has 0 saturated carbocycles. The molecule has 1 saturated heterocycles. The molecule has 2 aromatic heterocycles. The van der Waals surface area contributed by atoms with Gasteiger partial charge in [-0.15, -0.1) is 0 Å². The van der Waals surface area contributed by atoms with E-state index in [-0.39, 0.29) is 5.56 Å². The Hall–Kier alpha value is -3.84. The number of likely N-dealkylation sites (tertiary alicyclic amines) is 1. The minimum atomic E-state index is -3.12. The third-order valence-corrected chi connectivity index (χ3v) is 5.35. The number of benzene rings is 1. The molecule has 2 amide bonds. The first-order chi connectivity index (χ1) is 15.8. The van der Waals surface area contributed by atoms with E-state index in [1.165, 1.54) is 18.5 Å². The van der Waals surface area contributed by atoms with Gasteiger partial charge in [-0.1, -0.05) is 11.6 Å². The smallest absolute Gasteiger partial charge is 0.268 e. The fraction of sp³-hybridized carbons (Fsp3) is 0.227. The van der Waals surface area contributed by atoms with Gasteiger partial charge < -0.3 is 15.2 Å². The average Bonchev–Trinajstić information content (AvgIpc) is 3.34. The number of carbonyl (C=O) groups excluding carboxylic acids is 2. The van der Waals surface area contributed by atoms with E-state index in [4.69, 9.17) is 16.9 Å². The monoisotopic (exact) mass is 470 g/mol. The van der Waals surface area contributed by atoms with Crippen LogP contribution < -0.4 is 5.32 Å². The van der Waals surface area contributed by atoms with Gasteiger partial charge in [0, 0.05) is 35.0 Å². The van der Waals surface area contributed by atoms with Crippen LogP contribution in [0.2, 0.25) is 5.02 Å². The Morgan fingerprint density at radius 2 is 2.18 bits per heavy atom. The summed E-state index contributed by atoms with van der Waals surface area (Å²) in [6, 6.07) is 7.20. The minimum absolute atomic E-state index is 0.233. The van der Waals surface area contributed by atoms with Gasteiger partial charge in [0.2, 0.25) is 5.91 Å². The number of imidazole rings is 1. The van der Waals surface area contributed by atoms with Crippen molar-refractivity contribution in [2.75, 3.05) is 13.1 Å². The predicted molar refractivity (Wildman–Crippen MR) is 117 cm³/mol. The van der Waals surface area contributed by atoms with Crippen molar-refractivity contribution in [3.05, 3.63) is 58.6 Å². The van der Waals surface area contributed by atoms with Gasteiger partial charge in [-0.3, -0.25) is 14.6 Å². The maximum Gasteiger partial charge on any atom is 0.268 e. The maximum atomic E-state index is 13.6. The molecule has 3 aromatic rings. The number of pyridine rings is 1. The fourth-order valence-electron chi connectivity index (χ4n) is 3.54. The minimum Gasteiger partial charge on any atom is -0.343 e. The Labute approximate surface area is 191 Å². The number of nitrogens with zero attached hydrogens (tertiary/aromatic N) is 4. The highest BCUT2D eigenvalue weighted by Gasteiger charge is 2.47. The molecule has 1 aliphatic rings. The Balaban J connectivity index is 1.45. The Kier molecular flexibility index (Phi) is 6.07. The second-order valence-corrected chi connectivity index (χ2v) is 7.93. The molecule has 1 fully saturated rings. The van der Waals surface area contributed by atoms with Crippen molar-refractivity contribution < 1.29 is 18.4 Å². The van der Waals surface area contributed by atoms with Crippen molar-refractivity contribution >= 4 is 46.6 Å². The summed E-state index contributed by atoms with van der Waals surface area (Å²) in [6.45, 7) is -1.35. The van der Waals surface area contributed by atoms with Gasteiger partial charge in [0.1, 0.15) is 11.9 Å². The van der Waals surface area contributed by atoms with Crippen molar-refractivity contribution in [1.29, 1.82) is 5.26 Å². The first kappa shape index (κ1) is 22.4. The second kappa shape index (κ2) is 8.96. The first-order valence-corrected chi connectivity index (χ1v) is 10.3. The van der Waals surface area contributed by atoms with Gasteiger partial charge in [-0.2, -0.15) is 5.26 Å². The zero-order valence-electron chi connectivity index (χ0n) is 17.1. The summed E-state index contributed by atoms with van der Waals surface area (Å²) in [5.74, 6) is -3.92. The van der Waals surface area contributed by atoms with Crippen molar-refractivity contribution in [2.45, 2.75) is 18.4 Å². The lowest BCUT2D eigenvalue weighted by Gasteiger charge is -2.19. The van der Waals surface area contributed by atoms with Crippen LogP contribution in [0.25, 0.3) is 23.2 Å². The van der Waals surface area contributed by atoms with Crippen LogP contribution in [0.3, 0.4) is 0 Å². The lowest BCUT2D eigenvalue weighted by atomic mass is 10.1. The van der Waals surface area contributed by atoms with Crippen LogP contribution in [0.1, 0.15) is 28.2 Å². The molecule has 168 valence electrons. The van der Waals surface area contributed by atoms with E-state index in [0.29, 0.717) is 16.4 Å². The van der Waals surface area contributed by atoms with Crippen molar-refractivity contribution in [1.82, 2.24) is 25.2 Å². The summed E-state index contributed by atoms with van der Waals surface area (Å²) in [5.41, 5.74) is 2.18. The topological polar surface area (TPSA) is 115 Å². The van der Waals surface area contributed by atoms with Crippen LogP contribution in [0.4, 0.5) is 8.78 Å². The number of amides is 2. The van der Waals surface area contributed by atoms with Crippen LogP contribution in [0.15, 0.2) is 36.7 Å². The summed E-state index contributed by atoms with van der Waals surface area (Å²) in [6.07, 6.45) is 5.48. The van der Waals surface area contributed by atoms with Gasteiger partial charge in [0.05, 0.1) is 30.2 Å². The van der Waals surface area contributed by atoms with E-state index in [9.17, 15) is 18.4 Å². The average molecular weight is 471 g/mol. The van der Waals surface area contributed by atoms with Crippen LogP contribution in [0.5, 0.6) is 0 Å². The molecule has 3 heterocycles. The number of hydrogen-bond donors (Lipinski definition) is 2. The molecule has 1 aromatic carbocycles. The molecule has 0 aliphatic carbocycles. The summed E-state index contributed by atoms with van der Waals surface area (Å²) in [7, 11) is 0. The molecule has 8 nitrogen and oxygen atoms in total. The van der Waals surface area contributed by atoms with Crippen molar-refractivity contribution in [3.63, 3.8) is 0 Å². The van der Waals surface area contributed by atoms with Gasteiger partial charge in [0.25, 0.3) is 11.8 Å². The van der Waals surface area contributed by atoms with Crippen LogP contribution in [0, 0.1) is 11.3 Å². The van der Waals surface area contributed by atoms with E-state index in [1.807, 2.05) is 0 Å². The van der Waals surface area contributed by atoms with E-state index < -0.39 is 43.3 Å². The lowest BCUT2D eigenvalue weighted by Crippen LogP contribution is -2.43. The summed E-state index contributed by atoms with van der Waals surface area (Å²) >= 11 is 5.98. The number of carbonyl (C=O) groups is 2. The molecule has 1 aliphatic heterocycles. The third kappa shape index (κ3) is 4.99. The zero-order valence-corrected chi connectivity index (χ0v) is 17.8. The fourth-order valence-corrected chi connectivity index (χ4v) is 3.71. The SMILES string of the molecule is N#CC1CC(F)(F)CN1C(=O)CNC(=O)c1ccncc1/C=C/c1nc2ccc(Cl)cc2[nH]1. The highest BCUT2D eigenvalue weighted by atomic mass is 35.5. The Morgan fingerprint density at radius 1 is 1.36 bits per heavy atom. The van der Waals surface area contributed by atoms with Gasteiger partial charge >= 0.3 is 0 Å². The lowest BCUT2D eigenvalue weighted by molar-refractivity contribution is -0.131. The van der Waals surface area contributed by atoms with E-state index in [1.54, 1.807) is 36.4 Å². The zero-order chi connectivity index (χ0) is 23.6. The van der Waals surface area contributed by atoms with Gasteiger partial charge in [-0.25, -0.2) is 13.8 Å². The van der Waals surface area contributed by atoms with Crippen LogP contribution >= 0.6 is 11.6 Å². The standard InChI is InChI=1S/C22H17ClF2N6O2/c23-14-2-3-17-18(7-14)30-19(29-17)4-1-13-10-27-6-5-16(13)21(33)28-11-20(32)31-12-22(24,25)8-15(31)9-26/h1-7,10,15H,8,11-12H2,(H,28,33)(H,29,30)/b4-1+. The number of aromatic amines is 1. The molecule has 4 rings (SSSR count). The molecule has 1 atom stereocenters. The molecule has 0 spiro atoms. The van der Waals surface area contributed by atoms with Crippen LogP contribution in [-0.2, 0) is 4.79 Å². The maximum absolute atomic E-state index is 13.6. The molecule has 0 radical (unpaired) electrons. The number of nitriles is 1. The van der Waals surface area contributed by atoms with Crippen molar-refractivity contribution in [3.8, 4) is 6.07 Å². The molecule has 0 bridgehead atoms. The van der Waals surface area contributed by atoms with E-state index in [2.05, 4.69) is 20.3 Å². The summed E-state index contributed by atoms with van der Waals surface area (Å²) in [5, 5.41) is 12.0. The van der Waals surface area contributed by atoms with E-state index in [0.717, 1.165) is 15.9 Å². The first-order valence-electron chi connectivity index (χ1n) is 9.88. The molecule has 33 heavy (non-hydrogen) atoms. The summed E-state index contributed by atoms with van der Waals surface area (Å²) in [4.78, 5) is 37.3. The summed E-state index contributed by atoms with van der Waals surface area (Å²) < 4.78 is 27.1. The Morgan fingerprint density at radius 3 is 2.97 bits per heavy atom. The number of fused-ring (bicyclic) bond motifs is 1. The van der Waals surface area contributed by atoms with Crippen LogP contribution in [-0.4, -0.2) is 56.7 Å². The van der Waals surface area contributed by atoms with E-state index >= 15 is 0 Å². The van der Waals surface area contributed by atoms with Crippen molar-refractivity contribution in [2.24, 2.45) is 0 Å². The number of hydrogen-bond acceptors (Lipinski definition) is 5. The number of rotatable bonds is 5. The largest absolute Gasteiger partial charge is 0.343 e. The molecule has 2 N–H and O–H groups in total. The second-order valence-electron chi connectivity index (χ2n) is 7.49. The predicted octanol–water partition coefficient (Wildman–Crippen LogP) is 3.27. The molecule has 11 heteroatoms. The number of halogens is 3. The quantitative estimate of drug-likeness (QED) is 0.594. The third-order valence-electron chi connectivity index (χ3n) is 5.12. The van der Waals surface area contributed by atoms with Gasteiger partial charge in [0.15, 0.2) is 0 Å². The normalized spacial score (nSPS) is 17.4. The Bertz CT molecular complexity index is 1300. The number of H-pyrrole nitrogens is 1.